The molecule has 0 aliphatic heterocycles. The molecule has 5 nitrogen and oxygen atoms in total. The highest BCUT2D eigenvalue weighted by atomic mass is 16.4. The van der Waals surface area contributed by atoms with Crippen molar-refractivity contribution >= 4 is 12.0 Å². The Morgan fingerprint density at radius 2 is 2.10 bits per heavy atom. The Morgan fingerprint density at radius 1 is 1.40 bits per heavy atom. The second kappa shape index (κ2) is 8.12. The molecule has 1 saturated carbocycles. The minimum Gasteiger partial charge on any atom is -0.481 e. The molecule has 1 fully saturated rings. The van der Waals surface area contributed by atoms with Crippen molar-refractivity contribution < 1.29 is 14.7 Å². The van der Waals surface area contributed by atoms with Crippen molar-refractivity contribution in [3.05, 3.63) is 0 Å². The lowest BCUT2D eigenvalue weighted by Gasteiger charge is -2.35. The van der Waals surface area contributed by atoms with E-state index in [-0.39, 0.29) is 24.5 Å². The summed E-state index contributed by atoms with van der Waals surface area (Å²) in [6.45, 7) is 4.22. The van der Waals surface area contributed by atoms with E-state index in [0.717, 1.165) is 25.7 Å². The largest absolute Gasteiger partial charge is 0.481 e. The van der Waals surface area contributed by atoms with Crippen LogP contribution in [0.5, 0.6) is 0 Å². The average molecular weight is 284 g/mol. The molecule has 0 saturated heterocycles. The van der Waals surface area contributed by atoms with Gasteiger partial charge in [-0.2, -0.15) is 0 Å². The van der Waals surface area contributed by atoms with E-state index in [4.69, 9.17) is 5.11 Å². The van der Waals surface area contributed by atoms with Crippen molar-refractivity contribution in [1.29, 1.82) is 0 Å². The molecule has 20 heavy (non-hydrogen) atoms. The SMILES string of the molecule is CCCC(CC(=O)O)NC(=O)N(C)C1CCCC(C)C1. The van der Waals surface area contributed by atoms with Gasteiger partial charge in [0.1, 0.15) is 0 Å². The predicted octanol–water partition coefficient (Wildman–Crippen LogP) is 2.85. The maximum Gasteiger partial charge on any atom is 0.317 e. The van der Waals surface area contributed by atoms with Crippen molar-refractivity contribution in [1.82, 2.24) is 10.2 Å². The molecule has 116 valence electrons. The minimum atomic E-state index is -0.863. The van der Waals surface area contributed by atoms with Gasteiger partial charge in [0.25, 0.3) is 0 Å². The highest BCUT2D eigenvalue weighted by Gasteiger charge is 2.26. The Hall–Kier alpha value is -1.26. The van der Waals surface area contributed by atoms with Gasteiger partial charge in [0.15, 0.2) is 0 Å². The summed E-state index contributed by atoms with van der Waals surface area (Å²) in [5, 5.41) is 11.7. The number of nitrogens with one attached hydrogen (secondary N) is 1. The first-order valence-corrected chi connectivity index (χ1v) is 7.69. The molecule has 0 bridgehead atoms. The molecule has 0 aromatic carbocycles. The summed E-state index contributed by atoms with van der Waals surface area (Å²) in [5.41, 5.74) is 0. The van der Waals surface area contributed by atoms with Crippen LogP contribution in [-0.2, 0) is 4.79 Å². The van der Waals surface area contributed by atoms with Crippen molar-refractivity contribution in [3.63, 3.8) is 0 Å². The van der Waals surface area contributed by atoms with Gasteiger partial charge in [0.2, 0.25) is 0 Å². The van der Waals surface area contributed by atoms with Gasteiger partial charge in [-0.1, -0.05) is 33.1 Å². The smallest absolute Gasteiger partial charge is 0.317 e. The zero-order valence-corrected chi connectivity index (χ0v) is 12.9. The second-order valence-corrected chi connectivity index (χ2v) is 6.07. The third kappa shape index (κ3) is 5.39. The number of urea groups is 1. The van der Waals surface area contributed by atoms with Crippen LogP contribution in [0.4, 0.5) is 4.79 Å². The molecule has 1 aliphatic carbocycles. The van der Waals surface area contributed by atoms with Crippen LogP contribution in [0.3, 0.4) is 0 Å². The number of carbonyl (C=O) groups excluding carboxylic acids is 1. The van der Waals surface area contributed by atoms with Gasteiger partial charge in [-0.25, -0.2) is 4.79 Å². The van der Waals surface area contributed by atoms with Crippen molar-refractivity contribution in [2.75, 3.05) is 7.05 Å². The minimum absolute atomic E-state index is 0.00547. The van der Waals surface area contributed by atoms with Crippen LogP contribution in [0.25, 0.3) is 0 Å². The zero-order chi connectivity index (χ0) is 15.1. The van der Waals surface area contributed by atoms with Crippen molar-refractivity contribution in [2.45, 2.75) is 70.9 Å². The van der Waals surface area contributed by atoms with Gasteiger partial charge >= 0.3 is 12.0 Å². The lowest BCUT2D eigenvalue weighted by Crippen LogP contribution is -2.48. The molecule has 0 radical (unpaired) electrons. The quantitative estimate of drug-likeness (QED) is 0.788. The van der Waals surface area contributed by atoms with Crippen LogP contribution in [0, 0.1) is 5.92 Å². The summed E-state index contributed by atoms with van der Waals surface area (Å²) >= 11 is 0. The number of carboxylic acids is 1. The summed E-state index contributed by atoms with van der Waals surface area (Å²) in [6.07, 6.45) is 6.05. The van der Waals surface area contributed by atoms with E-state index in [0.29, 0.717) is 12.3 Å². The van der Waals surface area contributed by atoms with Crippen molar-refractivity contribution in [2.24, 2.45) is 5.92 Å². The van der Waals surface area contributed by atoms with E-state index in [1.807, 2.05) is 14.0 Å². The predicted molar refractivity (Wildman–Crippen MR) is 78.7 cm³/mol. The van der Waals surface area contributed by atoms with E-state index in [2.05, 4.69) is 12.2 Å². The van der Waals surface area contributed by atoms with Crippen LogP contribution in [-0.4, -0.2) is 41.1 Å². The van der Waals surface area contributed by atoms with Crippen LogP contribution < -0.4 is 5.32 Å². The fourth-order valence-electron chi connectivity index (χ4n) is 2.98. The number of carboxylic acid groups (broad SMARTS) is 1. The Labute approximate surface area is 121 Å². The summed E-state index contributed by atoms with van der Waals surface area (Å²) < 4.78 is 0. The molecule has 3 atom stereocenters. The Kier molecular flexibility index (Phi) is 6.82. The lowest BCUT2D eigenvalue weighted by atomic mass is 9.86. The number of hydrogen-bond acceptors (Lipinski definition) is 2. The van der Waals surface area contributed by atoms with E-state index in [1.165, 1.54) is 6.42 Å². The van der Waals surface area contributed by atoms with Crippen LogP contribution in [0.2, 0.25) is 0 Å². The van der Waals surface area contributed by atoms with Gasteiger partial charge in [-0.3, -0.25) is 4.79 Å². The van der Waals surface area contributed by atoms with Crippen LogP contribution in [0.15, 0.2) is 0 Å². The number of amides is 2. The molecule has 1 aliphatic rings. The van der Waals surface area contributed by atoms with E-state index >= 15 is 0 Å². The van der Waals surface area contributed by atoms with Gasteiger partial charge < -0.3 is 15.3 Å². The molecule has 3 unspecified atom stereocenters. The van der Waals surface area contributed by atoms with Gasteiger partial charge in [-0.05, 0) is 25.2 Å². The average Bonchev–Trinajstić information content (AvgIpc) is 2.37. The van der Waals surface area contributed by atoms with Gasteiger partial charge in [0, 0.05) is 19.1 Å². The Bertz CT molecular complexity index is 333. The summed E-state index contributed by atoms with van der Waals surface area (Å²) in [5.74, 6) is -0.202. The molecule has 5 heteroatoms. The van der Waals surface area contributed by atoms with Gasteiger partial charge in [-0.15, -0.1) is 0 Å². The first-order chi connectivity index (χ1) is 9.43. The first kappa shape index (κ1) is 16.8. The third-order valence-corrected chi connectivity index (χ3v) is 4.16. The molecule has 2 amide bonds. The maximum atomic E-state index is 12.2. The van der Waals surface area contributed by atoms with Crippen LogP contribution >= 0.6 is 0 Å². The fraction of sp³-hybridized carbons (Fsp3) is 0.867. The highest BCUT2D eigenvalue weighted by molar-refractivity contribution is 5.76. The first-order valence-electron chi connectivity index (χ1n) is 7.69. The number of aliphatic carboxylic acids is 1. The molecule has 0 aromatic rings. The topological polar surface area (TPSA) is 69.6 Å². The summed E-state index contributed by atoms with van der Waals surface area (Å²) in [6, 6.07) is -0.122. The van der Waals surface area contributed by atoms with Gasteiger partial charge in [0.05, 0.1) is 6.42 Å². The molecule has 0 aromatic heterocycles. The number of rotatable bonds is 6. The molecular formula is C15H28N2O3. The van der Waals surface area contributed by atoms with Crippen molar-refractivity contribution in [3.8, 4) is 0 Å². The fourth-order valence-corrected chi connectivity index (χ4v) is 2.98. The molecule has 1 rings (SSSR count). The maximum absolute atomic E-state index is 12.2. The van der Waals surface area contributed by atoms with Crippen LogP contribution in [0.1, 0.15) is 58.8 Å². The summed E-state index contributed by atoms with van der Waals surface area (Å²) in [7, 11) is 1.82. The number of carbonyl (C=O) groups is 2. The number of nitrogens with zero attached hydrogens (tertiary/aromatic N) is 1. The molecule has 2 N–H and O–H groups in total. The Morgan fingerprint density at radius 3 is 2.65 bits per heavy atom. The highest BCUT2D eigenvalue weighted by Crippen LogP contribution is 2.26. The summed E-state index contributed by atoms with van der Waals surface area (Å²) in [4.78, 5) is 24.8. The standard InChI is InChI=1S/C15H28N2O3/c1-4-6-12(10-14(18)19)16-15(20)17(3)13-8-5-7-11(2)9-13/h11-13H,4-10H2,1-3H3,(H,16,20)(H,18,19). The second-order valence-electron chi connectivity index (χ2n) is 6.07. The molecular weight excluding hydrogens is 256 g/mol. The molecule has 0 spiro atoms. The number of hydrogen-bond donors (Lipinski definition) is 2. The third-order valence-electron chi connectivity index (χ3n) is 4.16. The Balaban J connectivity index is 2.51. The monoisotopic (exact) mass is 284 g/mol. The lowest BCUT2D eigenvalue weighted by molar-refractivity contribution is -0.137. The van der Waals surface area contributed by atoms with E-state index in [1.54, 1.807) is 4.90 Å². The zero-order valence-electron chi connectivity index (χ0n) is 12.9. The molecule has 0 heterocycles. The van der Waals surface area contributed by atoms with E-state index < -0.39 is 5.97 Å². The van der Waals surface area contributed by atoms with E-state index in [9.17, 15) is 9.59 Å². The normalized spacial score (nSPS) is 23.9.